The molecule has 4 nitrogen and oxygen atoms in total. The number of nitrogens with zero attached hydrogens (tertiary/aromatic N) is 2. The fourth-order valence-corrected chi connectivity index (χ4v) is 1.49. The number of anilines is 1. The van der Waals surface area contributed by atoms with E-state index >= 15 is 0 Å². The van der Waals surface area contributed by atoms with E-state index in [1.807, 2.05) is 26.0 Å². The first-order valence-electron chi connectivity index (χ1n) is 4.93. The molecule has 5 heteroatoms. The molecule has 0 bridgehead atoms. The Hall–Kier alpha value is -1.55. The van der Waals surface area contributed by atoms with Crippen LogP contribution >= 0.6 is 11.6 Å². The predicted octanol–water partition coefficient (Wildman–Crippen LogP) is 2.95. The number of hydrogen-bond acceptors (Lipinski definition) is 4. The Balaban J connectivity index is 2.07. The molecule has 0 atom stereocenters. The molecule has 84 valence electrons. The summed E-state index contributed by atoms with van der Waals surface area (Å²) in [7, 11) is 0. The van der Waals surface area contributed by atoms with Crippen molar-refractivity contribution in [1.29, 1.82) is 0 Å². The summed E-state index contributed by atoms with van der Waals surface area (Å²) >= 11 is 5.89. The molecule has 0 amide bonds. The summed E-state index contributed by atoms with van der Waals surface area (Å²) < 4.78 is 5.44. The molecule has 0 fully saturated rings. The predicted molar refractivity (Wildman–Crippen MR) is 62.6 cm³/mol. The third-order valence-electron chi connectivity index (χ3n) is 2.25. The first-order chi connectivity index (χ1) is 7.66. The monoisotopic (exact) mass is 237 g/mol. The van der Waals surface area contributed by atoms with Crippen LogP contribution in [0.5, 0.6) is 0 Å². The lowest BCUT2D eigenvalue weighted by molar-refractivity contribution is 0.490. The highest BCUT2D eigenvalue weighted by Crippen LogP contribution is 2.18. The quantitative estimate of drug-likeness (QED) is 0.834. The minimum atomic E-state index is 0.466. The molecule has 0 aliphatic rings. The summed E-state index contributed by atoms with van der Waals surface area (Å²) in [5.41, 5.74) is 0.840. The largest absolute Gasteiger partial charge is 0.465 e. The summed E-state index contributed by atoms with van der Waals surface area (Å²) in [5, 5.41) is 3.62. The van der Waals surface area contributed by atoms with Gasteiger partial charge in [0.25, 0.3) is 0 Å². The molecule has 0 aliphatic heterocycles. The average molecular weight is 238 g/mol. The minimum Gasteiger partial charge on any atom is -0.465 e. The third kappa shape index (κ3) is 2.33. The van der Waals surface area contributed by atoms with Crippen LogP contribution in [-0.4, -0.2) is 9.97 Å². The van der Waals surface area contributed by atoms with Gasteiger partial charge in [-0.15, -0.1) is 0 Å². The molecule has 0 saturated heterocycles. The van der Waals surface area contributed by atoms with Crippen LogP contribution in [-0.2, 0) is 6.54 Å². The van der Waals surface area contributed by atoms with Crippen molar-refractivity contribution in [3.8, 4) is 0 Å². The molecule has 0 radical (unpaired) electrons. The normalized spacial score (nSPS) is 10.4. The lowest BCUT2D eigenvalue weighted by atomic mass is 10.3. The zero-order valence-corrected chi connectivity index (χ0v) is 9.88. The molecular formula is C11H12ClN3O. The molecule has 1 N–H and O–H groups in total. The Kier molecular flexibility index (Phi) is 3.10. The maximum absolute atomic E-state index is 5.89. The second kappa shape index (κ2) is 4.53. The molecule has 0 aromatic carbocycles. The Morgan fingerprint density at radius 1 is 1.31 bits per heavy atom. The highest BCUT2D eigenvalue weighted by molar-refractivity contribution is 6.30. The Morgan fingerprint density at radius 3 is 2.81 bits per heavy atom. The number of hydrogen-bond donors (Lipinski definition) is 1. The highest BCUT2D eigenvalue weighted by Gasteiger charge is 2.05. The molecule has 0 spiro atoms. The molecular weight excluding hydrogens is 226 g/mol. The van der Waals surface area contributed by atoms with Gasteiger partial charge in [0.05, 0.1) is 6.54 Å². The second-order valence-electron chi connectivity index (χ2n) is 3.50. The van der Waals surface area contributed by atoms with Crippen LogP contribution in [0.2, 0.25) is 5.15 Å². The van der Waals surface area contributed by atoms with Gasteiger partial charge in [-0.3, -0.25) is 0 Å². The topological polar surface area (TPSA) is 51.0 Å². The lowest BCUT2D eigenvalue weighted by Gasteiger charge is -2.06. The zero-order chi connectivity index (χ0) is 11.5. The third-order valence-corrected chi connectivity index (χ3v) is 2.63. The van der Waals surface area contributed by atoms with Crippen LogP contribution in [0.25, 0.3) is 0 Å². The van der Waals surface area contributed by atoms with Crippen molar-refractivity contribution in [2.24, 2.45) is 0 Å². The Bertz CT molecular complexity index is 496. The summed E-state index contributed by atoms with van der Waals surface area (Å²) in [6.45, 7) is 4.37. The van der Waals surface area contributed by atoms with Crippen LogP contribution in [0.1, 0.15) is 17.1 Å². The minimum absolute atomic E-state index is 0.466. The van der Waals surface area contributed by atoms with E-state index in [0.717, 1.165) is 22.9 Å². The summed E-state index contributed by atoms with van der Waals surface area (Å²) in [6.07, 6.45) is 1.44. The van der Waals surface area contributed by atoms with E-state index in [4.69, 9.17) is 16.0 Å². The van der Waals surface area contributed by atoms with Gasteiger partial charge in [-0.2, -0.15) is 0 Å². The number of nitrogens with one attached hydrogen (secondary N) is 1. The number of aryl methyl sites for hydroxylation is 1. The van der Waals surface area contributed by atoms with Gasteiger partial charge < -0.3 is 9.73 Å². The number of aromatic nitrogens is 2. The first-order valence-corrected chi connectivity index (χ1v) is 5.31. The van der Waals surface area contributed by atoms with E-state index in [1.54, 1.807) is 0 Å². The summed E-state index contributed by atoms with van der Waals surface area (Å²) in [4.78, 5) is 8.00. The smallest absolute Gasteiger partial charge is 0.137 e. The van der Waals surface area contributed by atoms with Crippen molar-refractivity contribution >= 4 is 17.4 Å². The van der Waals surface area contributed by atoms with Gasteiger partial charge >= 0.3 is 0 Å². The van der Waals surface area contributed by atoms with Gasteiger partial charge in [-0.25, -0.2) is 9.97 Å². The second-order valence-corrected chi connectivity index (χ2v) is 3.86. The van der Waals surface area contributed by atoms with Crippen LogP contribution < -0.4 is 5.32 Å². The zero-order valence-electron chi connectivity index (χ0n) is 9.12. The average Bonchev–Trinajstić information content (AvgIpc) is 2.67. The number of furan rings is 1. The Labute approximate surface area is 98.7 Å². The number of halogens is 1. The van der Waals surface area contributed by atoms with E-state index in [0.29, 0.717) is 11.7 Å². The van der Waals surface area contributed by atoms with Crippen LogP contribution in [0.4, 0.5) is 5.82 Å². The van der Waals surface area contributed by atoms with Gasteiger partial charge in [-0.1, -0.05) is 11.6 Å². The molecule has 2 heterocycles. The SMILES string of the molecule is Cc1ccc(CNc2ncnc(Cl)c2C)o1. The van der Waals surface area contributed by atoms with Gasteiger partial charge in [0.15, 0.2) is 0 Å². The molecule has 2 aromatic heterocycles. The molecule has 0 saturated carbocycles. The van der Waals surface area contributed by atoms with Crippen molar-refractivity contribution in [2.45, 2.75) is 20.4 Å². The van der Waals surface area contributed by atoms with Crippen LogP contribution in [0, 0.1) is 13.8 Å². The molecule has 0 aliphatic carbocycles. The fourth-order valence-electron chi connectivity index (χ4n) is 1.36. The van der Waals surface area contributed by atoms with E-state index in [9.17, 15) is 0 Å². The number of rotatable bonds is 3. The van der Waals surface area contributed by atoms with Crippen LogP contribution in [0.15, 0.2) is 22.9 Å². The van der Waals surface area contributed by atoms with Gasteiger partial charge in [-0.05, 0) is 26.0 Å². The van der Waals surface area contributed by atoms with Gasteiger partial charge in [0, 0.05) is 5.56 Å². The van der Waals surface area contributed by atoms with Crippen molar-refractivity contribution in [1.82, 2.24) is 9.97 Å². The van der Waals surface area contributed by atoms with E-state index < -0.39 is 0 Å². The van der Waals surface area contributed by atoms with Crippen molar-refractivity contribution in [3.05, 3.63) is 40.7 Å². The summed E-state index contributed by atoms with van der Waals surface area (Å²) in [5.74, 6) is 2.50. The van der Waals surface area contributed by atoms with Crippen molar-refractivity contribution in [3.63, 3.8) is 0 Å². The standard InChI is InChI=1S/C11H12ClN3O/c1-7-3-4-9(16-7)5-13-11-8(2)10(12)14-6-15-11/h3-4,6H,5H2,1-2H3,(H,13,14,15). The van der Waals surface area contributed by atoms with E-state index in [-0.39, 0.29) is 0 Å². The molecule has 2 rings (SSSR count). The van der Waals surface area contributed by atoms with E-state index in [1.165, 1.54) is 6.33 Å². The van der Waals surface area contributed by atoms with Crippen molar-refractivity contribution < 1.29 is 4.42 Å². The summed E-state index contributed by atoms with van der Waals surface area (Å²) in [6, 6.07) is 3.86. The van der Waals surface area contributed by atoms with E-state index in [2.05, 4.69) is 15.3 Å². The Morgan fingerprint density at radius 2 is 2.12 bits per heavy atom. The lowest BCUT2D eigenvalue weighted by Crippen LogP contribution is -2.03. The maximum atomic E-state index is 5.89. The highest BCUT2D eigenvalue weighted by atomic mass is 35.5. The van der Waals surface area contributed by atoms with Crippen LogP contribution in [0.3, 0.4) is 0 Å². The molecule has 16 heavy (non-hydrogen) atoms. The van der Waals surface area contributed by atoms with Gasteiger partial charge in [0.2, 0.25) is 0 Å². The fraction of sp³-hybridized carbons (Fsp3) is 0.273. The molecule has 0 unspecified atom stereocenters. The first kappa shape index (κ1) is 11.0. The van der Waals surface area contributed by atoms with Gasteiger partial charge in [0.1, 0.15) is 28.8 Å². The molecule has 2 aromatic rings. The van der Waals surface area contributed by atoms with Crippen molar-refractivity contribution in [2.75, 3.05) is 5.32 Å². The maximum Gasteiger partial charge on any atom is 0.137 e.